The van der Waals surface area contributed by atoms with Gasteiger partial charge in [-0.3, -0.25) is 4.79 Å². The molecule has 2 aromatic carbocycles. The van der Waals surface area contributed by atoms with Crippen molar-refractivity contribution in [3.63, 3.8) is 0 Å². The summed E-state index contributed by atoms with van der Waals surface area (Å²) >= 11 is 6.05. The summed E-state index contributed by atoms with van der Waals surface area (Å²) in [7, 11) is 1.78. The number of rotatable bonds is 4. The lowest BCUT2D eigenvalue weighted by molar-refractivity contribution is 0.0636. The molecule has 0 aliphatic carbocycles. The molecule has 0 saturated carbocycles. The molecule has 0 spiro atoms. The maximum atomic E-state index is 13.1. The molecular weight excluding hydrogens is 442 g/mol. The van der Waals surface area contributed by atoms with E-state index in [1.165, 1.54) is 6.39 Å². The third-order valence-corrected chi connectivity index (χ3v) is 6.43. The van der Waals surface area contributed by atoms with Crippen LogP contribution in [-0.2, 0) is 6.54 Å². The fourth-order valence-electron chi connectivity index (χ4n) is 4.35. The van der Waals surface area contributed by atoms with E-state index < -0.39 is 0 Å². The number of halogens is 1. The number of hydrogen-bond donors (Lipinski definition) is 2. The number of likely N-dealkylation sites (N-methyl/N-ethyl adjacent to an activating group) is 1. The Morgan fingerprint density at radius 2 is 2.15 bits per heavy atom. The van der Waals surface area contributed by atoms with Crippen molar-refractivity contribution < 1.29 is 14.0 Å². The van der Waals surface area contributed by atoms with Crippen molar-refractivity contribution in [2.45, 2.75) is 25.4 Å². The number of fused-ring (bicyclic) bond motifs is 2. The molecule has 1 saturated heterocycles. The van der Waals surface area contributed by atoms with Crippen LogP contribution in [0, 0.1) is 0 Å². The number of piperidine rings is 1. The number of oxazole rings is 1. The summed E-state index contributed by atoms with van der Waals surface area (Å²) in [5.41, 5.74) is 3.76. The molecule has 0 radical (unpaired) electrons. The van der Waals surface area contributed by atoms with Gasteiger partial charge in [0.1, 0.15) is 5.52 Å². The Bertz CT molecular complexity index is 1330. The molecule has 2 aromatic heterocycles. The first-order valence-corrected chi connectivity index (χ1v) is 11.3. The maximum Gasteiger partial charge on any atom is 0.317 e. The summed E-state index contributed by atoms with van der Waals surface area (Å²) in [6.45, 7) is 1.53. The Labute approximate surface area is 195 Å². The van der Waals surface area contributed by atoms with Gasteiger partial charge in [0.05, 0.1) is 12.6 Å². The molecule has 8 nitrogen and oxygen atoms in total. The minimum atomic E-state index is -0.171. The number of amides is 3. The van der Waals surface area contributed by atoms with E-state index in [4.69, 9.17) is 16.0 Å². The second-order valence-electron chi connectivity index (χ2n) is 8.38. The van der Waals surface area contributed by atoms with Gasteiger partial charge in [0.15, 0.2) is 12.0 Å². The third kappa shape index (κ3) is 4.39. The Balaban J connectivity index is 1.20. The lowest BCUT2D eigenvalue weighted by atomic mass is 10.0. The van der Waals surface area contributed by atoms with Crippen LogP contribution in [-0.4, -0.2) is 57.9 Å². The first-order chi connectivity index (χ1) is 16.0. The van der Waals surface area contributed by atoms with Crippen molar-refractivity contribution in [3.8, 4) is 0 Å². The van der Waals surface area contributed by atoms with Gasteiger partial charge in [-0.2, -0.15) is 0 Å². The number of nitrogens with one attached hydrogen (secondary N) is 2. The summed E-state index contributed by atoms with van der Waals surface area (Å²) in [5, 5.41) is 4.65. The standard InChI is InChI=1S/C24H24ClN5O3/c1-29(24(32)26-12-18-10-16-9-17(25)5-6-20(16)28-18)19-3-2-8-30(13-19)23(31)15-4-7-22-21(11-15)27-14-33-22/h4-7,9-11,14,19,28H,2-3,8,12-13H2,1H3,(H,26,32). The molecule has 3 heterocycles. The topological polar surface area (TPSA) is 94.5 Å². The predicted octanol–water partition coefficient (Wildman–Crippen LogP) is 4.41. The third-order valence-electron chi connectivity index (χ3n) is 6.20. The number of aromatic nitrogens is 2. The Morgan fingerprint density at radius 1 is 1.27 bits per heavy atom. The number of H-pyrrole nitrogens is 1. The highest BCUT2D eigenvalue weighted by atomic mass is 35.5. The fourth-order valence-corrected chi connectivity index (χ4v) is 4.53. The van der Waals surface area contributed by atoms with E-state index >= 15 is 0 Å². The highest BCUT2D eigenvalue weighted by molar-refractivity contribution is 6.31. The Morgan fingerprint density at radius 3 is 3.03 bits per heavy atom. The van der Waals surface area contributed by atoms with Crippen molar-refractivity contribution in [1.29, 1.82) is 0 Å². The maximum absolute atomic E-state index is 13.1. The molecule has 1 aliphatic heterocycles. The highest BCUT2D eigenvalue weighted by Crippen LogP contribution is 2.22. The molecular formula is C24H24ClN5O3. The molecule has 1 atom stereocenters. The van der Waals surface area contributed by atoms with E-state index in [2.05, 4.69) is 15.3 Å². The molecule has 2 N–H and O–H groups in total. The molecule has 0 bridgehead atoms. The molecule has 1 fully saturated rings. The summed E-state index contributed by atoms with van der Waals surface area (Å²) in [4.78, 5) is 36.8. The highest BCUT2D eigenvalue weighted by Gasteiger charge is 2.29. The van der Waals surface area contributed by atoms with E-state index in [9.17, 15) is 9.59 Å². The second kappa shape index (κ2) is 8.78. The van der Waals surface area contributed by atoms with Crippen LogP contribution in [0.25, 0.3) is 22.0 Å². The van der Waals surface area contributed by atoms with E-state index in [-0.39, 0.29) is 18.0 Å². The van der Waals surface area contributed by atoms with Gasteiger partial charge in [0.25, 0.3) is 5.91 Å². The minimum absolute atomic E-state index is 0.0556. The predicted molar refractivity (Wildman–Crippen MR) is 126 cm³/mol. The fraction of sp³-hybridized carbons (Fsp3) is 0.292. The van der Waals surface area contributed by atoms with Crippen LogP contribution in [0.5, 0.6) is 0 Å². The van der Waals surface area contributed by atoms with E-state index in [0.717, 1.165) is 29.4 Å². The number of hydrogen-bond acceptors (Lipinski definition) is 4. The SMILES string of the molecule is CN(C(=O)NCc1cc2cc(Cl)ccc2[nH]1)C1CCCN(C(=O)c2ccc3ocnc3c2)C1. The molecule has 4 aromatic rings. The van der Waals surface area contributed by atoms with Gasteiger partial charge in [-0.05, 0) is 55.3 Å². The van der Waals surface area contributed by atoms with Crippen molar-refractivity contribution in [2.24, 2.45) is 0 Å². The first kappa shape index (κ1) is 21.3. The van der Waals surface area contributed by atoms with Crippen LogP contribution in [0.15, 0.2) is 53.3 Å². The zero-order chi connectivity index (χ0) is 22.9. The number of carbonyl (C=O) groups is 2. The van der Waals surface area contributed by atoms with Crippen molar-refractivity contribution >= 4 is 45.5 Å². The lowest BCUT2D eigenvalue weighted by Crippen LogP contribution is -2.52. The summed E-state index contributed by atoms with van der Waals surface area (Å²) in [5.74, 6) is -0.0601. The number of likely N-dealkylation sites (tertiary alicyclic amines) is 1. The molecule has 33 heavy (non-hydrogen) atoms. The smallest absolute Gasteiger partial charge is 0.317 e. The number of nitrogens with zero attached hydrogens (tertiary/aromatic N) is 3. The summed E-state index contributed by atoms with van der Waals surface area (Å²) in [6, 6.07) is 12.6. The lowest BCUT2D eigenvalue weighted by Gasteiger charge is -2.37. The quantitative estimate of drug-likeness (QED) is 0.466. The molecule has 1 unspecified atom stereocenters. The average Bonchev–Trinajstić information content (AvgIpc) is 3.47. The zero-order valence-corrected chi connectivity index (χ0v) is 18.9. The molecule has 3 amide bonds. The number of aromatic amines is 1. The summed E-state index contributed by atoms with van der Waals surface area (Å²) < 4.78 is 5.25. The molecule has 1 aliphatic rings. The summed E-state index contributed by atoms with van der Waals surface area (Å²) in [6.07, 6.45) is 3.05. The van der Waals surface area contributed by atoms with E-state index in [0.29, 0.717) is 41.3 Å². The van der Waals surface area contributed by atoms with Crippen LogP contribution in [0.4, 0.5) is 4.79 Å². The van der Waals surface area contributed by atoms with E-state index in [1.54, 1.807) is 35.0 Å². The minimum Gasteiger partial charge on any atom is -0.443 e. The number of benzene rings is 2. The van der Waals surface area contributed by atoms with Gasteiger partial charge in [0, 0.05) is 47.3 Å². The molecule has 170 valence electrons. The van der Waals surface area contributed by atoms with Crippen molar-refractivity contribution in [3.05, 3.63) is 65.1 Å². The van der Waals surface area contributed by atoms with Crippen LogP contribution >= 0.6 is 11.6 Å². The number of urea groups is 1. The molecule has 9 heteroatoms. The largest absolute Gasteiger partial charge is 0.443 e. The van der Waals surface area contributed by atoms with Crippen LogP contribution in [0.3, 0.4) is 0 Å². The van der Waals surface area contributed by atoms with Gasteiger partial charge in [0.2, 0.25) is 0 Å². The molecule has 5 rings (SSSR count). The van der Waals surface area contributed by atoms with Gasteiger partial charge in [-0.25, -0.2) is 9.78 Å². The normalized spacial score (nSPS) is 16.3. The van der Waals surface area contributed by atoms with Gasteiger partial charge >= 0.3 is 6.03 Å². The number of carbonyl (C=O) groups excluding carboxylic acids is 2. The van der Waals surface area contributed by atoms with E-state index in [1.807, 2.05) is 24.3 Å². The monoisotopic (exact) mass is 465 g/mol. The van der Waals surface area contributed by atoms with Crippen molar-refractivity contribution in [1.82, 2.24) is 25.1 Å². The average molecular weight is 466 g/mol. The first-order valence-electron chi connectivity index (χ1n) is 10.9. The van der Waals surface area contributed by atoms with Crippen LogP contribution in [0.1, 0.15) is 28.9 Å². The Hall–Kier alpha value is -3.52. The Kier molecular flexibility index (Phi) is 5.68. The van der Waals surface area contributed by atoms with Crippen molar-refractivity contribution in [2.75, 3.05) is 20.1 Å². The van der Waals surface area contributed by atoms with Gasteiger partial charge < -0.3 is 24.5 Å². The second-order valence-corrected chi connectivity index (χ2v) is 8.81. The van der Waals surface area contributed by atoms with Crippen LogP contribution in [0.2, 0.25) is 5.02 Å². The zero-order valence-electron chi connectivity index (χ0n) is 18.2. The van der Waals surface area contributed by atoms with Crippen LogP contribution < -0.4 is 5.32 Å². The van der Waals surface area contributed by atoms with Gasteiger partial charge in [-0.1, -0.05) is 11.6 Å². The van der Waals surface area contributed by atoms with Gasteiger partial charge in [-0.15, -0.1) is 0 Å².